The van der Waals surface area contributed by atoms with E-state index < -0.39 is 10.0 Å². The number of hydrogen-bond acceptors (Lipinski definition) is 4. The third-order valence-corrected chi connectivity index (χ3v) is 4.59. The Morgan fingerprint density at radius 2 is 2.26 bits per heavy atom. The maximum atomic E-state index is 12.1. The number of fused-ring (bicyclic) bond motifs is 1. The number of benzene rings is 1. The van der Waals surface area contributed by atoms with Gasteiger partial charge in [0.25, 0.3) is 0 Å². The molecule has 0 saturated carbocycles. The normalized spacial score (nSPS) is 18.1. The van der Waals surface area contributed by atoms with Crippen LogP contribution < -0.4 is 10.0 Å². The molecule has 5 nitrogen and oxygen atoms in total. The van der Waals surface area contributed by atoms with E-state index in [2.05, 4.69) is 17.0 Å². The molecule has 106 valence electrons. The van der Waals surface area contributed by atoms with E-state index in [1.54, 1.807) is 19.2 Å². The average Bonchev–Trinajstić information content (AvgIpc) is 2.73. The highest BCUT2D eigenvalue weighted by molar-refractivity contribution is 7.89. The predicted octanol–water partition coefficient (Wildman–Crippen LogP) is 1.36. The lowest BCUT2D eigenvalue weighted by molar-refractivity contribution is 0.196. The number of sulfonamides is 1. The molecule has 0 bridgehead atoms. The fourth-order valence-corrected chi connectivity index (χ4v) is 3.32. The van der Waals surface area contributed by atoms with E-state index in [-0.39, 0.29) is 0 Å². The minimum atomic E-state index is -3.41. The summed E-state index contributed by atoms with van der Waals surface area (Å²) in [5, 5.41) is 3.30. The zero-order chi connectivity index (χ0) is 13.9. The van der Waals surface area contributed by atoms with Crippen molar-refractivity contribution in [3.8, 4) is 0 Å². The lowest BCUT2D eigenvalue weighted by Gasteiger charge is -2.08. The third kappa shape index (κ3) is 3.46. The van der Waals surface area contributed by atoms with Gasteiger partial charge in [-0.1, -0.05) is 0 Å². The number of anilines is 1. The molecule has 2 N–H and O–H groups in total. The van der Waals surface area contributed by atoms with Crippen molar-refractivity contribution >= 4 is 15.7 Å². The fourth-order valence-electron chi connectivity index (χ4n) is 2.20. The molecule has 1 aliphatic heterocycles. The molecule has 0 unspecified atom stereocenters. The first-order chi connectivity index (χ1) is 9.03. The van der Waals surface area contributed by atoms with Crippen molar-refractivity contribution in [1.29, 1.82) is 0 Å². The van der Waals surface area contributed by atoms with Crippen molar-refractivity contribution in [3.05, 3.63) is 23.8 Å². The van der Waals surface area contributed by atoms with Crippen LogP contribution in [0.2, 0.25) is 0 Å². The predicted molar refractivity (Wildman–Crippen MR) is 74.9 cm³/mol. The van der Waals surface area contributed by atoms with Gasteiger partial charge in [0.2, 0.25) is 10.0 Å². The first kappa shape index (κ1) is 14.3. The van der Waals surface area contributed by atoms with Gasteiger partial charge in [0.1, 0.15) is 0 Å². The number of ether oxygens (including phenoxy) is 1. The first-order valence-corrected chi connectivity index (χ1v) is 7.89. The summed E-state index contributed by atoms with van der Waals surface area (Å²) in [4.78, 5) is 0.333. The molecule has 19 heavy (non-hydrogen) atoms. The van der Waals surface area contributed by atoms with Crippen molar-refractivity contribution in [1.82, 2.24) is 4.72 Å². The minimum absolute atomic E-state index is 0.333. The van der Waals surface area contributed by atoms with Gasteiger partial charge in [-0.05, 0) is 43.5 Å². The number of nitrogens with one attached hydrogen (secondary N) is 2. The molecule has 0 aliphatic carbocycles. The summed E-state index contributed by atoms with van der Waals surface area (Å²) < 4.78 is 31.7. The van der Waals surface area contributed by atoms with Gasteiger partial charge >= 0.3 is 0 Å². The van der Waals surface area contributed by atoms with E-state index in [9.17, 15) is 8.42 Å². The Morgan fingerprint density at radius 1 is 1.47 bits per heavy atom. The van der Waals surface area contributed by atoms with Gasteiger partial charge in [0.05, 0.1) is 4.90 Å². The molecule has 1 aromatic carbocycles. The SMILES string of the molecule is COCCCNS(=O)(=O)c1ccc2c(c1)C[C@H](C)N2. The van der Waals surface area contributed by atoms with Crippen molar-refractivity contribution in [2.45, 2.75) is 30.7 Å². The van der Waals surface area contributed by atoms with Crippen LogP contribution in [-0.4, -0.2) is 34.7 Å². The van der Waals surface area contributed by atoms with Crippen LogP contribution in [0.1, 0.15) is 18.9 Å². The minimum Gasteiger partial charge on any atom is -0.385 e. The van der Waals surface area contributed by atoms with Crippen LogP contribution in [0.3, 0.4) is 0 Å². The van der Waals surface area contributed by atoms with Gasteiger partial charge in [0.15, 0.2) is 0 Å². The highest BCUT2D eigenvalue weighted by Gasteiger charge is 2.20. The molecule has 1 heterocycles. The van der Waals surface area contributed by atoms with Crippen LogP contribution in [0.4, 0.5) is 5.69 Å². The van der Waals surface area contributed by atoms with E-state index in [1.807, 2.05) is 6.07 Å². The van der Waals surface area contributed by atoms with Gasteiger partial charge < -0.3 is 10.1 Å². The van der Waals surface area contributed by atoms with Gasteiger partial charge in [-0.15, -0.1) is 0 Å². The fraction of sp³-hybridized carbons (Fsp3) is 0.538. The highest BCUT2D eigenvalue weighted by atomic mass is 32.2. The lowest BCUT2D eigenvalue weighted by Crippen LogP contribution is -2.25. The van der Waals surface area contributed by atoms with Gasteiger partial charge in [-0.3, -0.25) is 0 Å². The van der Waals surface area contributed by atoms with Crippen LogP contribution in [-0.2, 0) is 21.2 Å². The molecule has 0 radical (unpaired) electrons. The third-order valence-electron chi connectivity index (χ3n) is 3.13. The summed E-state index contributed by atoms with van der Waals surface area (Å²) in [5.74, 6) is 0. The van der Waals surface area contributed by atoms with E-state index in [1.165, 1.54) is 0 Å². The summed E-state index contributed by atoms with van der Waals surface area (Å²) >= 11 is 0. The van der Waals surface area contributed by atoms with Gasteiger partial charge in [-0.2, -0.15) is 0 Å². The molecule has 0 saturated heterocycles. The van der Waals surface area contributed by atoms with Crippen LogP contribution in [0, 0.1) is 0 Å². The van der Waals surface area contributed by atoms with E-state index in [0.29, 0.717) is 30.5 Å². The standard InChI is InChI=1S/C13H20N2O3S/c1-10-8-11-9-12(4-5-13(11)15-10)19(16,17)14-6-3-7-18-2/h4-5,9-10,14-15H,3,6-8H2,1-2H3/t10-/m0/s1. The van der Waals surface area contributed by atoms with E-state index >= 15 is 0 Å². The molecule has 0 spiro atoms. The molecule has 1 atom stereocenters. The summed E-state index contributed by atoms with van der Waals surface area (Å²) in [6.07, 6.45) is 1.53. The molecule has 0 fully saturated rings. The second-order valence-electron chi connectivity index (χ2n) is 4.81. The van der Waals surface area contributed by atoms with Crippen molar-refractivity contribution in [2.24, 2.45) is 0 Å². The smallest absolute Gasteiger partial charge is 0.240 e. The zero-order valence-corrected chi connectivity index (χ0v) is 12.1. The Labute approximate surface area is 114 Å². The van der Waals surface area contributed by atoms with Crippen LogP contribution in [0.25, 0.3) is 0 Å². The quantitative estimate of drug-likeness (QED) is 0.774. The molecule has 1 aromatic rings. The van der Waals surface area contributed by atoms with Gasteiger partial charge in [0, 0.05) is 32.0 Å². The Hall–Kier alpha value is -1.11. The number of rotatable bonds is 6. The highest BCUT2D eigenvalue weighted by Crippen LogP contribution is 2.27. The molecular weight excluding hydrogens is 264 g/mol. The molecule has 2 rings (SSSR count). The van der Waals surface area contributed by atoms with E-state index in [0.717, 1.165) is 17.7 Å². The van der Waals surface area contributed by atoms with E-state index in [4.69, 9.17) is 4.74 Å². The Balaban J connectivity index is 2.07. The van der Waals surface area contributed by atoms with Gasteiger partial charge in [-0.25, -0.2) is 13.1 Å². The van der Waals surface area contributed by atoms with Crippen LogP contribution in [0.15, 0.2) is 23.1 Å². The Kier molecular flexibility index (Phi) is 4.44. The second-order valence-corrected chi connectivity index (χ2v) is 6.58. The summed E-state index contributed by atoms with van der Waals surface area (Å²) in [6.45, 7) is 3.02. The van der Waals surface area contributed by atoms with Crippen LogP contribution in [0.5, 0.6) is 0 Å². The maximum absolute atomic E-state index is 12.1. The van der Waals surface area contributed by atoms with Crippen molar-refractivity contribution in [3.63, 3.8) is 0 Å². The number of methoxy groups -OCH3 is 1. The molecular formula is C13H20N2O3S. The largest absolute Gasteiger partial charge is 0.385 e. The molecule has 1 aliphatic rings. The average molecular weight is 284 g/mol. The van der Waals surface area contributed by atoms with Crippen molar-refractivity contribution in [2.75, 3.05) is 25.6 Å². The Bertz CT molecular complexity index is 543. The molecule has 0 aromatic heterocycles. The number of hydrogen-bond donors (Lipinski definition) is 2. The van der Waals surface area contributed by atoms with Crippen LogP contribution >= 0.6 is 0 Å². The summed E-state index contributed by atoms with van der Waals surface area (Å²) in [6, 6.07) is 5.60. The lowest BCUT2D eigenvalue weighted by atomic mass is 10.1. The topological polar surface area (TPSA) is 67.4 Å². The molecule has 6 heteroatoms. The summed E-state index contributed by atoms with van der Waals surface area (Å²) in [7, 11) is -1.81. The monoisotopic (exact) mass is 284 g/mol. The second kappa shape index (κ2) is 5.90. The summed E-state index contributed by atoms with van der Waals surface area (Å²) in [5.41, 5.74) is 2.10. The Morgan fingerprint density at radius 3 is 3.00 bits per heavy atom. The maximum Gasteiger partial charge on any atom is 0.240 e. The first-order valence-electron chi connectivity index (χ1n) is 6.41. The van der Waals surface area contributed by atoms with Crippen molar-refractivity contribution < 1.29 is 13.2 Å². The molecule has 0 amide bonds. The zero-order valence-electron chi connectivity index (χ0n) is 11.3.